The molecule has 112 valence electrons. The molecule has 5 nitrogen and oxygen atoms in total. The lowest BCUT2D eigenvalue weighted by Gasteiger charge is -2.17. The average Bonchev–Trinajstić information content (AvgIpc) is 2.39. The van der Waals surface area contributed by atoms with Gasteiger partial charge >= 0.3 is 5.97 Å². The van der Waals surface area contributed by atoms with Crippen LogP contribution in [0, 0.1) is 13.8 Å². The number of aryl methyl sites for hydroxylation is 2. The Morgan fingerprint density at radius 1 is 1.25 bits per heavy atom. The van der Waals surface area contributed by atoms with Gasteiger partial charge in [-0.3, -0.25) is 4.79 Å². The number of esters is 1. The Morgan fingerprint density at radius 2 is 1.90 bits per heavy atom. The number of ether oxygens (including phenoxy) is 1. The zero-order valence-electron chi connectivity index (χ0n) is 12.3. The summed E-state index contributed by atoms with van der Waals surface area (Å²) in [6.07, 6.45) is 0.0500. The van der Waals surface area contributed by atoms with Crippen LogP contribution in [0.4, 0.5) is 0 Å². The van der Waals surface area contributed by atoms with Crippen LogP contribution in [0.1, 0.15) is 24.5 Å². The summed E-state index contributed by atoms with van der Waals surface area (Å²) in [7, 11) is -2.10. The molecule has 20 heavy (non-hydrogen) atoms. The van der Waals surface area contributed by atoms with Crippen molar-refractivity contribution in [3.05, 3.63) is 29.3 Å². The standard InChI is InChI=1S/C14H21NO4S/c1-5-19-14(16)8-9-15(4)20(17,18)13-7-6-11(2)12(3)10-13/h6-7,10H,5,8-9H2,1-4H3. The molecule has 0 heterocycles. The SMILES string of the molecule is CCOC(=O)CCN(C)S(=O)(=O)c1ccc(C)c(C)c1. The van der Waals surface area contributed by atoms with E-state index in [9.17, 15) is 13.2 Å². The predicted octanol–water partition coefficient (Wildman–Crippen LogP) is 1.88. The fourth-order valence-electron chi connectivity index (χ4n) is 1.66. The number of carbonyl (C=O) groups excluding carboxylic acids is 1. The summed E-state index contributed by atoms with van der Waals surface area (Å²) in [6.45, 7) is 5.91. The molecule has 0 aliphatic rings. The van der Waals surface area contributed by atoms with E-state index in [-0.39, 0.29) is 17.9 Å². The Labute approximate surface area is 120 Å². The Balaban J connectivity index is 2.82. The number of hydrogen-bond acceptors (Lipinski definition) is 4. The first-order valence-electron chi connectivity index (χ1n) is 6.48. The fourth-order valence-corrected chi connectivity index (χ4v) is 2.91. The van der Waals surface area contributed by atoms with E-state index in [2.05, 4.69) is 0 Å². The van der Waals surface area contributed by atoms with Crippen LogP contribution in [-0.2, 0) is 19.6 Å². The van der Waals surface area contributed by atoms with Gasteiger partial charge in [-0.1, -0.05) is 6.07 Å². The van der Waals surface area contributed by atoms with Crippen LogP contribution in [0.5, 0.6) is 0 Å². The quantitative estimate of drug-likeness (QED) is 0.752. The van der Waals surface area contributed by atoms with Gasteiger partial charge in [-0.2, -0.15) is 0 Å². The molecule has 1 aromatic rings. The normalized spacial score (nSPS) is 11.7. The van der Waals surface area contributed by atoms with Gasteiger partial charge in [0, 0.05) is 13.6 Å². The van der Waals surface area contributed by atoms with Crippen molar-refractivity contribution in [2.75, 3.05) is 20.2 Å². The monoisotopic (exact) mass is 299 g/mol. The van der Waals surface area contributed by atoms with Gasteiger partial charge in [0.15, 0.2) is 0 Å². The number of benzene rings is 1. The second kappa shape index (κ2) is 6.85. The van der Waals surface area contributed by atoms with E-state index in [1.54, 1.807) is 25.1 Å². The van der Waals surface area contributed by atoms with Gasteiger partial charge in [-0.25, -0.2) is 12.7 Å². The first-order chi connectivity index (χ1) is 9.28. The molecule has 1 aromatic carbocycles. The van der Waals surface area contributed by atoms with E-state index in [0.717, 1.165) is 11.1 Å². The lowest BCUT2D eigenvalue weighted by molar-refractivity contribution is -0.143. The molecule has 0 saturated heterocycles. The van der Waals surface area contributed by atoms with E-state index in [1.807, 2.05) is 13.8 Å². The molecule has 0 aliphatic heterocycles. The molecule has 0 fully saturated rings. The van der Waals surface area contributed by atoms with Gasteiger partial charge in [0.2, 0.25) is 10.0 Å². The maximum Gasteiger partial charge on any atom is 0.307 e. The molecule has 6 heteroatoms. The van der Waals surface area contributed by atoms with Crippen molar-refractivity contribution in [1.29, 1.82) is 0 Å². The Kier molecular flexibility index (Phi) is 5.71. The van der Waals surface area contributed by atoms with Crippen LogP contribution in [-0.4, -0.2) is 38.9 Å². The van der Waals surface area contributed by atoms with Gasteiger partial charge < -0.3 is 4.74 Å². The smallest absolute Gasteiger partial charge is 0.307 e. The summed E-state index contributed by atoms with van der Waals surface area (Å²) in [5.74, 6) is -0.394. The largest absolute Gasteiger partial charge is 0.466 e. The van der Waals surface area contributed by atoms with Crippen molar-refractivity contribution in [1.82, 2.24) is 4.31 Å². The molecule has 0 aromatic heterocycles. The highest BCUT2D eigenvalue weighted by molar-refractivity contribution is 7.89. The van der Waals surface area contributed by atoms with Crippen molar-refractivity contribution in [2.45, 2.75) is 32.1 Å². The molecule has 0 aliphatic carbocycles. The molecular weight excluding hydrogens is 278 g/mol. The van der Waals surface area contributed by atoms with Crippen LogP contribution < -0.4 is 0 Å². The minimum atomic E-state index is -3.56. The maximum atomic E-state index is 12.3. The first kappa shape index (κ1) is 16.7. The average molecular weight is 299 g/mol. The van der Waals surface area contributed by atoms with Crippen molar-refractivity contribution in [2.24, 2.45) is 0 Å². The second-order valence-electron chi connectivity index (χ2n) is 4.63. The second-order valence-corrected chi connectivity index (χ2v) is 6.67. The molecule has 0 bridgehead atoms. The van der Waals surface area contributed by atoms with E-state index in [0.29, 0.717) is 6.61 Å². The molecule has 0 radical (unpaired) electrons. The number of nitrogens with zero attached hydrogens (tertiary/aromatic N) is 1. The highest BCUT2D eigenvalue weighted by Crippen LogP contribution is 2.18. The first-order valence-corrected chi connectivity index (χ1v) is 7.92. The minimum absolute atomic E-state index is 0.0500. The molecule has 0 saturated carbocycles. The van der Waals surface area contributed by atoms with Gasteiger partial charge in [-0.15, -0.1) is 0 Å². The van der Waals surface area contributed by atoms with E-state index < -0.39 is 16.0 Å². The van der Waals surface area contributed by atoms with Crippen molar-refractivity contribution >= 4 is 16.0 Å². The van der Waals surface area contributed by atoms with Gasteiger partial charge in [0.25, 0.3) is 0 Å². The van der Waals surface area contributed by atoms with E-state index in [4.69, 9.17) is 4.74 Å². The molecule has 1 rings (SSSR count). The summed E-state index contributed by atoms with van der Waals surface area (Å²) in [6, 6.07) is 5.01. The van der Waals surface area contributed by atoms with Gasteiger partial charge in [-0.05, 0) is 44.0 Å². The zero-order chi connectivity index (χ0) is 15.3. The molecule has 0 amide bonds. The molecule has 0 unspecified atom stereocenters. The lowest BCUT2D eigenvalue weighted by Crippen LogP contribution is -2.29. The number of carbonyl (C=O) groups is 1. The number of rotatable bonds is 6. The van der Waals surface area contributed by atoms with Gasteiger partial charge in [0.1, 0.15) is 0 Å². The zero-order valence-corrected chi connectivity index (χ0v) is 13.2. The molecule has 0 spiro atoms. The van der Waals surface area contributed by atoms with Gasteiger partial charge in [0.05, 0.1) is 17.9 Å². The van der Waals surface area contributed by atoms with E-state index in [1.165, 1.54) is 11.4 Å². The third-order valence-electron chi connectivity index (χ3n) is 3.12. The molecule has 0 atom stereocenters. The highest BCUT2D eigenvalue weighted by Gasteiger charge is 2.21. The summed E-state index contributed by atoms with van der Waals surface area (Å²) in [5, 5.41) is 0. The highest BCUT2D eigenvalue weighted by atomic mass is 32.2. The molecule has 0 N–H and O–H groups in total. The maximum absolute atomic E-state index is 12.3. The summed E-state index contributed by atoms with van der Waals surface area (Å²) in [5.41, 5.74) is 1.96. The van der Waals surface area contributed by atoms with Crippen LogP contribution in [0.25, 0.3) is 0 Å². The topological polar surface area (TPSA) is 63.7 Å². The van der Waals surface area contributed by atoms with Crippen LogP contribution in [0.15, 0.2) is 23.1 Å². The van der Waals surface area contributed by atoms with E-state index >= 15 is 0 Å². The summed E-state index contributed by atoms with van der Waals surface area (Å²) in [4.78, 5) is 11.5. The van der Waals surface area contributed by atoms with Crippen LogP contribution in [0.2, 0.25) is 0 Å². The third-order valence-corrected chi connectivity index (χ3v) is 4.98. The fraction of sp³-hybridized carbons (Fsp3) is 0.500. The lowest BCUT2D eigenvalue weighted by atomic mass is 10.1. The Hall–Kier alpha value is -1.40. The number of sulfonamides is 1. The minimum Gasteiger partial charge on any atom is -0.466 e. The summed E-state index contributed by atoms with van der Waals surface area (Å²) < 4.78 is 30.6. The summed E-state index contributed by atoms with van der Waals surface area (Å²) >= 11 is 0. The van der Waals surface area contributed by atoms with Crippen molar-refractivity contribution in [3.8, 4) is 0 Å². The molecular formula is C14H21NO4S. The van der Waals surface area contributed by atoms with Crippen molar-refractivity contribution in [3.63, 3.8) is 0 Å². The Bertz CT molecular complexity index is 581. The number of hydrogen-bond donors (Lipinski definition) is 0. The Morgan fingerprint density at radius 3 is 2.45 bits per heavy atom. The third kappa shape index (κ3) is 4.05. The van der Waals surface area contributed by atoms with Crippen molar-refractivity contribution < 1.29 is 17.9 Å². The predicted molar refractivity (Wildman–Crippen MR) is 77.0 cm³/mol. The van der Waals surface area contributed by atoms with Crippen LogP contribution in [0.3, 0.4) is 0 Å². The van der Waals surface area contributed by atoms with Crippen LogP contribution >= 0.6 is 0 Å².